The zero-order valence-corrected chi connectivity index (χ0v) is 13.6. The molecule has 1 N–H and O–H groups in total. The Hall–Kier alpha value is 2.55. The van der Waals surface area contributed by atoms with Gasteiger partial charge in [0, 0.05) is 0 Å². The van der Waals surface area contributed by atoms with Gasteiger partial charge >= 0.3 is 96.4 Å². The summed E-state index contributed by atoms with van der Waals surface area (Å²) < 4.78 is 16.6. The van der Waals surface area contributed by atoms with Crippen LogP contribution < -0.4 is 0 Å². The second kappa shape index (κ2) is 49.9. The second-order valence-corrected chi connectivity index (χ2v) is 0. The molecular formula is H3AlBaO3Zr. The predicted octanol–water partition coefficient (Wildman–Crippen LogP) is -1.71. The average Bonchev–Trinajstić information content (AvgIpc) is 1.50. The van der Waals surface area contributed by atoms with Gasteiger partial charge in [0.15, 0.2) is 0 Å². The van der Waals surface area contributed by atoms with Crippen LogP contribution in [0.25, 0.3) is 0 Å². The number of hydrogen-bond donors (Lipinski definition) is 0. The summed E-state index contributed by atoms with van der Waals surface area (Å²) in [6.45, 7) is 0. The van der Waals surface area contributed by atoms with Gasteiger partial charge in [0.05, 0.1) is 0 Å². The molecule has 0 unspecified atom stereocenters. The first kappa shape index (κ1) is 23.5. The number of hydrogen-bond acceptors (Lipinski definition) is 3. The normalized spacial score (nSPS) is 1.00. The molecule has 0 rings (SSSR count). The van der Waals surface area contributed by atoms with E-state index in [0.29, 0.717) is 40.9 Å². The van der Waals surface area contributed by atoms with Gasteiger partial charge in [-0.2, -0.15) is 0 Å². The van der Waals surface area contributed by atoms with Crippen molar-refractivity contribution in [1.82, 2.24) is 0 Å². The summed E-state index contributed by atoms with van der Waals surface area (Å²) in [7, 11) is 0. The Labute approximate surface area is 99.6 Å². The molecular weight excluding hydrogens is 304 g/mol. The summed E-state index contributed by atoms with van der Waals surface area (Å²) in [5, 5.41) is 0. The fraction of sp³-hybridized carbons (Fsp3) is 0. The molecule has 0 saturated carbocycles. The SMILES string of the molecule is [BaH+].[OH-].[O]=[AlH].[O]=[Zr]. The van der Waals surface area contributed by atoms with Crippen LogP contribution in [0.1, 0.15) is 0 Å². The van der Waals surface area contributed by atoms with Crippen LogP contribution in [0.5, 0.6) is 0 Å². The fourth-order valence-corrected chi connectivity index (χ4v) is 0. The van der Waals surface area contributed by atoms with Crippen molar-refractivity contribution in [2.45, 2.75) is 0 Å². The molecule has 0 aromatic rings. The Bertz CT molecular complexity index is 12.8. The van der Waals surface area contributed by atoms with Gasteiger partial charge in [-0.05, 0) is 0 Å². The minimum atomic E-state index is 0. The molecule has 0 atom stereocenters. The van der Waals surface area contributed by atoms with Crippen molar-refractivity contribution in [3.8, 4) is 0 Å². The van der Waals surface area contributed by atoms with E-state index >= 15 is 0 Å². The number of rotatable bonds is 0. The van der Waals surface area contributed by atoms with Crippen LogP contribution in [-0.4, -0.2) is 70.6 Å². The maximum absolute atomic E-state index is 8.34. The summed E-state index contributed by atoms with van der Waals surface area (Å²) >= 11 is 0.911. The predicted molar refractivity (Wildman–Crippen MR) is 17.6 cm³/mol. The van der Waals surface area contributed by atoms with E-state index in [1.165, 1.54) is 0 Å². The van der Waals surface area contributed by atoms with Crippen LogP contribution in [0.2, 0.25) is 0 Å². The Morgan fingerprint density at radius 3 is 1.17 bits per heavy atom. The van der Waals surface area contributed by atoms with E-state index in [1.54, 1.807) is 0 Å². The summed E-state index contributed by atoms with van der Waals surface area (Å²) in [5.41, 5.74) is 0. The van der Waals surface area contributed by atoms with Gasteiger partial charge in [-0.1, -0.05) is 0 Å². The molecule has 0 aliphatic carbocycles. The third-order valence-corrected chi connectivity index (χ3v) is 0. The van der Waals surface area contributed by atoms with Crippen molar-refractivity contribution in [3.05, 3.63) is 0 Å². The topological polar surface area (TPSA) is 64.1 Å². The fourth-order valence-electron chi connectivity index (χ4n) is 0. The Morgan fingerprint density at radius 2 is 1.17 bits per heavy atom. The van der Waals surface area contributed by atoms with Gasteiger partial charge in [0.2, 0.25) is 0 Å². The summed E-state index contributed by atoms with van der Waals surface area (Å²) in [6.07, 6.45) is 0. The molecule has 0 fully saturated rings. The molecule has 0 spiro atoms. The summed E-state index contributed by atoms with van der Waals surface area (Å²) in [4.78, 5) is 0. The van der Waals surface area contributed by atoms with Crippen molar-refractivity contribution in [2.75, 3.05) is 0 Å². The maximum atomic E-state index is 8.34. The molecule has 3 nitrogen and oxygen atoms in total. The third-order valence-electron chi connectivity index (χ3n) is 0. The van der Waals surface area contributed by atoms with E-state index in [9.17, 15) is 0 Å². The van der Waals surface area contributed by atoms with E-state index in [4.69, 9.17) is 6.62 Å². The van der Waals surface area contributed by atoms with Gasteiger partial charge in [-0.3, -0.25) is 0 Å². The first-order chi connectivity index (χ1) is 2.00. The molecule has 6 heteroatoms. The molecule has 0 aromatic carbocycles. The van der Waals surface area contributed by atoms with Crippen LogP contribution in [0, 0.1) is 0 Å². The van der Waals surface area contributed by atoms with Crippen LogP contribution in [-0.2, 0) is 31.3 Å². The summed E-state index contributed by atoms with van der Waals surface area (Å²) in [5.74, 6) is 0. The van der Waals surface area contributed by atoms with Crippen molar-refractivity contribution in [1.29, 1.82) is 0 Å². The third kappa shape index (κ3) is 31.1. The van der Waals surface area contributed by atoms with E-state index in [0.717, 1.165) is 0 Å². The standard InChI is InChI=1S/Al.Ba.H2O.2O.Zr.2H/h;;1H2;;;;;/q;+1;;;;;;/p-1. The first-order valence-electron chi connectivity index (χ1n) is 0.493. The van der Waals surface area contributed by atoms with Gasteiger partial charge in [0.1, 0.15) is 0 Å². The first-order valence-corrected chi connectivity index (χ1v) is 2.07. The van der Waals surface area contributed by atoms with E-state index in [2.05, 4.69) is 0 Å². The van der Waals surface area contributed by atoms with Crippen molar-refractivity contribution in [2.24, 2.45) is 0 Å². The average molecular weight is 307 g/mol. The van der Waals surface area contributed by atoms with Crippen molar-refractivity contribution in [3.63, 3.8) is 0 Å². The quantitative estimate of drug-likeness (QED) is 0.501. The Balaban J connectivity index is -0.00000000500. The zero-order chi connectivity index (χ0) is 4.00. The van der Waals surface area contributed by atoms with Crippen molar-refractivity contribution < 1.29 is 36.8 Å². The molecule has 0 aliphatic heterocycles. The molecule has 0 amide bonds. The molecule has 0 saturated heterocycles. The zero-order valence-electron chi connectivity index (χ0n) is 3.47. The van der Waals surface area contributed by atoms with Gasteiger partial charge < -0.3 is 5.48 Å². The van der Waals surface area contributed by atoms with Crippen LogP contribution in [0.4, 0.5) is 0 Å². The molecule has 0 aliphatic rings. The van der Waals surface area contributed by atoms with E-state index < -0.39 is 0 Å². The molecule has 0 bridgehead atoms. The van der Waals surface area contributed by atoms with E-state index in [-0.39, 0.29) is 54.4 Å². The summed E-state index contributed by atoms with van der Waals surface area (Å²) in [6, 6.07) is 0. The van der Waals surface area contributed by atoms with Crippen LogP contribution in [0.15, 0.2) is 0 Å². The molecule has 30 valence electrons. The van der Waals surface area contributed by atoms with Crippen LogP contribution in [0.3, 0.4) is 0 Å². The van der Waals surface area contributed by atoms with E-state index in [1.807, 2.05) is 0 Å². The minimum absolute atomic E-state index is 0. The monoisotopic (exact) mass is 306 g/mol. The Morgan fingerprint density at radius 1 is 1.17 bits per heavy atom. The molecule has 0 aromatic heterocycles. The molecule has 6 heavy (non-hydrogen) atoms. The van der Waals surface area contributed by atoms with Gasteiger partial charge in [-0.25, -0.2) is 0 Å². The molecule has 0 radical (unpaired) electrons. The van der Waals surface area contributed by atoms with Crippen LogP contribution >= 0.6 is 0 Å². The van der Waals surface area contributed by atoms with Gasteiger partial charge in [0.25, 0.3) is 0 Å². The second-order valence-electron chi connectivity index (χ2n) is 0. The Kier molecular flexibility index (Phi) is 196. The molecule has 0 heterocycles. The van der Waals surface area contributed by atoms with Crippen molar-refractivity contribution >= 4 is 65.1 Å². The van der Waals surface area contributed by atoms with Gasteiger partial charge in [-0.15, -0.1) is 0 Å².